The third kappa shape index (κ3) is 4.43. The lowest BCUT2D eigenvalue weighted by Gasteiger charge is -2.12. The van der Waals surface area contributed by atoms with E-state index in [1.54, 1.807) is 11.3 Å². The quantitative estimate of drug-likeness (QED) is 0.710. The van der Waals surface area contributed by atoms with E-state index in [0.29, 0.717) is 24.3 Å². The lowest BCUT2D eigenvalue weighted by Crippen LogP contribution is -2.16. The predicted octanol–water partition coefficient (Wildman–Crippen LogP) is 3.68. The lowest BCUT2D eigenvalue weighted by molar-refractivity contribution is 0.894. The first kappa shape index (κ1) is 17.6. The number of halogens is 1. The molecule has 1 N–H and O–H groups in total. The molecular weight excluding hydrogens is 356 g/mol. The Morgan fingerprint density at radius 3 is 2.68 bits per heavy atom. The van der Waals surface area contributed by atoms with Gasteiger partial charge in [-0.1, -0.05) is 29.8 Å². The number of rotatable bonds is 6. The van der Waals surface area contributed by atoms with Crippen LogP contribution in [-0.4, -0.2) is 40.6 Å². The SMILES string of the molecule is Cc1nc(NCCc2csc(-c3ccccc3Cl)n2)nc(N(C)C)n1. The van der Waals surface area contributed by atoms with Crippen molar-refractivity contribution < 1.29 is 0 Å². The number of benzene rings is 1. The Balaban J connectivity index is 1.63. The maximum Gasteiger partial charge on any atom is 0.229 e. The molecule has 0 radical (unpaired) electrons. The molecule has 2 heterocycles. The van der Waals surface area contributed by atoms with Gasteiger partial charge < -0.3 is 10.2 Å². The monoisotopic (exact) mass is 374 g/mol. The van der Waals surface area contributed by atoms with Crippen LogP contribution >= 0.6 is 22.9 Å². The fraction of sp³-hybridized carbons (Fsp3) is 0.294. The molecule has 6 nitrogen and oxygen atoms in total. The highest BCUT2D eigenvalue weighted by molar-refractivity contribution is 7.13. The summed E-state index contributed by atoms with van der Waals surface area (Å²) in [6.07, 6.45) is 0.781. The van der Waals surface area contributed by atoms with Gasteiger partial charge in [0.1, 0.15) is 10.8 Å². The Kier molecular flexibility index (Phi) is 5.45. The standard InChI is InChI=1S/C17H19ClN6S/c1-11-20-16(23-17(21-11)24(2)3)19-9-8-12-10-25-15(22-12)13-6-4-5-7-14(13)18/h4-7,10H,8-9H2,1-3H3,(H,19,20,21,23). The van der Waals surface area contributed by atoms with Crippen LogP contribution in [0.25, 0.3) is 10.6 Å². The van der Waals surface area contributed by atoms with E-state index >= 15 is 0 Å². The average molecular weight is 375 g/mol. The van der Waals surface area contributed by atoms with Crippen LogP contribution in [-0.2, 0) is 6.42 Å². The Hall–Kier alpha value is -2.25. The molecule has 0 saturated heterocycles. The maximum absolute atomic E-state index is 6.24. The zero-order valence-electron chi connectivity index (χ0n) is 14.3. The third-order valence-electron chi connectivity index (χ3n) is 3.46. The zero-order chi connectivity index (χ0) is 17.8. The van der Waals surface area contributed by atoms with E-state index in [4.69, 9.17) is 11.6 Å². The number of nitrogens with zero attached hydrogens (tertiary/aromatic N) is 5. The largest absolute Gasteiger partial charge is 0.354 e. The topological polar surface area (TPSA) is 66.8 Å². The van der Waals surface area contributed by atoms with Crippen LogP contribution in [0.5, 0.6) is 0 Å². The molecule has 0 bridgehead atoms. The molecule has 0 amide bonds. The van der Waals surface area contributed by atoms with Gasteiger partial charge in [-0.2, -0.15) is 15.0 Å². The van der Waals surface area contributed by atoms with E-state index in [1.807, 2.05) is 50.2 Å². The maximum atomic E-state index is 6.24. The molecule has 1 aromatic carbocycles. The van der Waals surface area contributed by atoms with Crippen LogP contribution in [0.1, 0.15) is 11.5 Å². The predicted molar refractivity (Wildman–Crippen MR) is 104 cm³/mol. The minimum atomic E-state index is 0.581. The number of hydrogen-bond acceptors (Lipinski definition) is 7. The lowest BCUT2D eigenvalue weighted by atomic mass is 10.2. The zero-order valence-corrected chi connectivity index (χ0v) is 15.9. The molecule has 0 saturated carbocycles. The highest BCUT2D eigenvalue weighted by Crippen LogP contribution is 2.30. The van der Waals surface area contributed by atoms with Crippen molar-refractivity contribution in [3.63, 3.8) is 0 Å². The van der Waals surface area contributed by atoms with Crippen molar-refractivity contribution in [1.29, 1.82) is 0 Å². The van der Waals surface area contributed by atoms with Gasteiger partial charge in [-0.3, -0.25) is 0 Å². The summed E-state index contributed by atoms with van der Waals surface area (Å²) in [4.78, 5) is 19.5. The van der Waals surface area contributed by atoms with Crippen LogP contribution < -0.4 is 10.2 Å². The van der Waals surface area contributed by atoms with Crippen LogP contribution in [0.15, 0.2) is 29.6 Å². The minimum absolute atomic E-state index is 0.581. The Morgan fingerprint density at radius 1 is 1.12 bits per heavy atom. The molecule has 0 spiro atoms. The Morgan fingerprint density at radius 2 is 1.92 bits per heavy atom. The van der Waals surface area contributed by atoms with E-state index in [1.165, 1.54) is 0 Å². The normalized spacial score (nSPS) is 10.7. The van der Waals surface area contributed by atoms with Gasteiger partial charge in [-0.05, 0) is 13.0 Å². The first-order valence-electron chi connectivity index (χ1n) is 7.86. The van der Waals surface area contributed by atoms with Crippen molar-refractivity contribution in [2.75, 3.05) is 30.9 Å². The summed E-state index contributed by atoms with van der Waals surface area (Å²) in [5, 5.41) is 6.96. The van der Waals surface area contributed by atoms with Crippen molar-refractivity contribution in [3.8, 4) is 10.6 Å². The highest BCUT2D eigenvalue weighted by Gasteiger charge is 2.09. The number of nitrogens with one attached hydrogen (secondary N) is 1. The average Bonchev–Trinajstić information content (AvgIpc) is 3.03. The van der Waals surface area contributed by atoms with Crippen molar-refractivity contribution in [3.05, 3.63) is 46.2 Å². The van der Waals surface area contributed by atoms with E-state index in [9.17, 15) is 0 Å². The fourth-order valence-corrected chi connectivity index (χ4v) is 3.40. The molecule has 3 rings (SSSR count). The molecule has 0 atom stereocenters. The summed E-state index contributed by atoms with van der Waals surface area (Å²) in [5.41, 5.74) is 1.99. The molecule has 2 aromatic heterocycles. The van der Waals surface area contributed by atoms with Crippen LogP contribution in [0.4, 0.5) is 11.9 Å². The molecule has 0 fully saturated rings. The van der Waals surface area contributed by atoms with Crippen LogP contribution in [0, 0.1) is 6.92 Å². The molecular formula is C17H19ClN6S. The van der Waals surface area contributed by atoms with Gasteiger partial charge in [-0.15, -0.1) is 11.3 Å². The van der Waals surface area contributed by atoms with Crippen molar-refractivity contribution >= 4 is 34.8 Å². The molecule has 0 unspecified atom stereocenters. The third-order valence-corrected chi connectivity index (χ3v) is 4.71. The number of hydrogen-bond donors (Lipinski definition) is 1. The smallest absolute Gasteiger partial charge is 0.229 e. The molecule has 0 aliphatic carbocycles. The molecule has 130 valence electrons. The van der Waals surface area contributed by atoms with Crippen molar-refractivity contribution in [1.82, 2.24) is 19.9 Å². The summed E-state index contributed by atoms with van der Waals surface area (Å²) in [6, 6.07) is 7.75. The van der Waals surface area contributed by atoms with E-state index in [-0.39, 0.29) is 0 Å². The van der Waals surface area contributed by atoms with Gasteiger partial charge in [0.15, 0.2) is 0 Å². The van der Waals surface area contributed by atoms with Gasteiger partial charge in [-0.25, -0.2) is 4.98 Å². The summed E-state index contributed by atoms with van der Waals surface area (Å²) < 4.78 is 0. The van der Waals surface area contributed by atoms with Gasteiger partial charge in [0, 0.05) is 38.0 Å². The molecule has 25 heavy (non-hydrogen) atoms. The Bertz CT molecular complexity index is 864. The summed E-state index contributed by atoms with van der Waals surface area (Å²) >= 11 is 7.84. The molecule has 0 aliphatic heterocycles. The second kappa shape index (κ2) is 7.76. The first-order valence-corrected chi connectivity index (χ1v) is 9.12. The number of anilines is 2. The summed E-state index contributed by atoms with van der Waals surface area (Å²) in [7, 11) is 3.81. The summed E-state index contributed by atoms with van der Waals surface area (Å²) in [6.45, 7) is 2.55. The Labute approximate surface area is 156 Å². The van der Waals surface area contributed by atoms with E-state index in [2.05, 4.69) is 30.6 Å². The van der Waals surface area contributed by atoms with Gasteiger partial charge in [0.2, 0.25) is 11.9 Å². The fourth-order valence-electron chi connectivity index (χ4n) is 2.23. The van der Waals surface area contributed by atoms with E-state index < -0.39 is 0 Å². The number of thiazole rings is 1. The van der Waals surface area contributed by atoms with E-state index in [0.717, 1.165) is 27.7 Å². The second-order valence-corrected chi connectivity index (χ2v) is 6.97. The van der Waals surface area contributed by atoms with Gasteiger partial charge >= 0.3 is 0 Å². The van der Waals surface area contributed by atoms with Gasteiger partial charge in [0.25, 0.3) is 0 Å². The highest BCUT2D eigenvalue weighted by atomic mass is 35.5. The molecule has 8 heteroatoms. The number of aromatic nitrogens is 4. The van der Waals surface area contributed by atoms with Crippen molar-refractivity contribution in [2.45, 2.75) is 13.3 Å². The molecule has 3 aromatic rings. The first-order chi connectivity index (χ1) is 12.0. The van der Waals surface area contributed by atoms with Crippen LogP contribution in [0.2, 0.25) is 5.02 Å². The number of aryl methyl sites for hydroxylation is 1. The second-order valence-electron chi connectivity index (χ2n) is 5.70. The van der Waals surface area contributed by atoms with Crippen molar-refractivity contribution in [2.24, 2.45) is 0 Å². The van der Waals surface area contributed by atoms with Crippen LogP contribution in [0.3, 0.4) is 0 Å². The minimum Gasteiger partial charge on any atom is -0.354 e. The summed E-state index contributed by atoms with van der Waals surface area (Å²) in [5.74, 6) is 1.92. The van der Waals surface area contributed by atoms with Gasteiger partial charge in [0.05, 0.1) is 10.7 Å². The molecule has 0 aliphatic rings.